The van der Waals surface area contributed by atoms with Crippen LogP contribution in [-0.4, -0.2) is 55.6 Å². The van der Waals surface area contributed by atoms with Gasteiger partial charge in [-0.05, 0) is 38.3 Å². The topological polar surface area (TPSA) is 65.8 Å². The minimum atomic E-state index is -0.637. The Morgan fingerprint density at radius 3 is 2.64 bits per heavy atom. The molecule has 0 bridgehead atoms. The van der Waals surface area contributed by atoms with Gasteiger partial charge in [0.05, 0.1) is 26.8 Å². The van der Waals surface area contributed by atoms with Crippen LogP contribution in [-0.2, 0) is 4.79 Å². The van der Waals surface area contributed by atoms with Crippen molar-refractivity contribution in [2.75, 3.05) is 34.4 Å². The Bertz CT molecular complexity index is 737. The van der Waals surface area contributed by atoms with Crippen LogP contribution < -0.4 is 9.47 Å². The SMILES string of the molecule is COc1ccc(C2CCCN2CC(=O)N(C)C2(C#N)CCCCC2)c(OC)c1. The molecule has 3 rings (SSSR count). The number of benzene rings is 1. The first-order chi connectivity index (χ1) is 13.5. The van der Waals surface area contributed by atoms with E-state index in [4.69, 9.17) is 9.47 Å². The molecule has 1 unspecified atom stereocenters. The lowest BCUT2D eigenvalue weighted by Gasteiger charge is -2.40. The predicted octanol–water partition coefficient (Wildman–Crippen LogP) is 3.53. The molecule has 1 atom stereocenters. The van der Waals surface area contributed by atoms with Crippen LogP contribution in [0.4, 0.5) is 0 Å². The number of amides is 1. The van der Waals surface area contributed by atoms with Crippen molar-refractivity contribution in [1.82, 2.24) is 9.80 Å². The van der Waals surface area contributed by atoms with E-state index in [1.165, 1.54) is 0 Å². The summed E-state index contributed by atoms with van der Waals surface area (Å²) < 4.78 is 10.9. The standard InChI is InChI=1S/C22H31N3O3/c1-24(22(16-23)11-5-4-6-12-22)21(26)15-25-13-7-8-19(25)18-10-9-17(27-2)14-20(18)28-3/h9-10,14,19H,4-8,11-13,15H2,1-3H3. The molecular formula is C22H31N3O3. The highest BCUT2D eigenvalue weighted by Crippen LogP contribution is 2.39. The van der Waals surface area contributed by atoms with E-state index >= 15 is 0 Å². The van der Waals surface area contributed by atoms with Crippen molar-refractivity contribution in [2.24, 2.45) is 0 Å². The molecule has 1 heterocycles. The van der Waals surface area contributed by atoms with Crippen LogP contribution in [0.1, 0.15) is 56.6 Å². The maximum Gasteiger partial charge on any atom is 0.237 e. The minimum absolute atomic E-state index is 0.0304. The molecule has 1 amide bonds. The van der Waals surface area contributed by atoms with Gasteiger partial charge < -0.3 is 14.4 Å². The van der Waals surface area contributed by atoms with Crippen molar-refractivity contribution in [2.45, 2.75) is 56.5 Å². The molecule has 0 spiro atoms. The van der Waals surface area contributed by atoms with Crippen LogP contribution in [0.5, 0.6) is 11.5 Å². The van der Waals surface area contributed by atoms with Crippen LogP contribution in [0.15, 0.2) is 18.2 Å². The van der Waals surface area contributed by atoms with E-state index in [2.05, 4.69) is 11.0 Å². The van der Waals surface area contributed by atoms with E-state index in [1.807, 2.05) is 18.2 Å². The third-order valence-electron chi connectivity index (χ3n) is 6.41. The maximum atomic E-state index is 13.1. The maximum absolute atomic E-state index is 13.1. The largest absolute Gasteiger partial charge is 0.497 e. The summed E-state index contributed by atoms with van der Waals surface area (Å²) in [5.74, 6) is 1.58. The zero-order valence-corrected chi connectivity index (χ0v) is 17.2. The molecule has 1 saturated carbocycles. The fraction of sp³-hybridized carbons (Fsp3) is 0.636. The van der Waals surface area contributed by atoms with E-state index in [1.54, 1.807) is 26.2 Å². The Kier molecular flexibility index (Phi) is 6.46. The lowest BCUT2D eigenvalue weighted by molar-refractivity contribution is -0.136. The summed E-state index contributed by atoms with van der Waals surface area (Å²) in [6.45, 7) is 1.21. The molecule has 2 aliphatic rings. The molecular weight excluding hydrogens is 354 g/mol. The van der Waals surface area contributed by atoms with Crippen molar-refractivity contribution < 1.29 is 14.3 Å². The van der Waals surface area contributed by atoms with E-state index in [0.29, 0.717) is 6.54 Å². The highest BCUT2D eigenvalue weighted by atomic mass is 16.5. The third kappa shape index (κ3) is 3.95. The molecule has 1 saturated heterocycles. The van der Waals surface area contributed by atoms with Crippen LogP contribution in [0.2, 0.25) is 0 Å². The minimum Gasteiger partial charge on any atom is -0.497 e. The van der Waals surface area contributed by atoms with Gasteiger partial charge in [0.2, 0.25) is 5.91 Å². The number of carbonyl (C=O) groups excluding carboxylic acids is 1. The molecule has 0 N–H and O–H groups in total. The van der Waals surface area contributed by atoms with Crippen molar-refractivity contribution in [3.05, 3.63) is 23.8 Å². The zero-order valence-electron chi connectivity index (χ0n) is 17.2. The summed E-state index contributed by atoms with van der Waals surface area (Å²) in [4.78, 5) is 17.0. The highest BCUT2D eigenvalue weighted by molar-refractivity contribution is 5.79. The first-order valence-electron chi connectivity index (χ1n) is 10.2. The zero-order chi connectivity index (χ0) is 20.1. The lowest BCUT2D eigenvalue weighted by Crippen LogP contribution is -2.52. The van der Waals surface area contributed by atoms with Crippen LogP contribution >= 0.6 is 0 Å². The van der Waals surface area contributed by atoms with Crippen molar-refractivity contribution >= 4 is 5.91 Å². The predicted molar refractivity (Wildman–Crippen MR) is 107 cm³/mol. The second-order valence-electron chi connectivity index (χ2n) is 7.89. The van der Waals surface area contributed by atoms with Gasteiger partial charge in [0.25, 0.3) is 0 Å². The first-order valence-corrected chi connectivity index (χ1v) is 10.2. The molecule has 0 radical (unpaired) electrons. The Morgan fingerprint density at radius 2 is 2.00 bits per heavy atom. The molecule has 28 heavy (non-hydrogen) atoms. The number of hydrogen-bond acceptors (Lipinski definition) is 5. The average molecular weight is 386 g/mol. The quantitative estimate of drug-likeness (QED) is 0.749. The molecule has 6 nitrogen and oxygen atoms in total. The molecule has 2 fully saturated rings. The van der Waals surface area contributed by atoms with E-state index < -0.39 is 5.54 Å². The van der Waals surface area contributed by atoms with E-state index in [0.717, 1.165) is 68.6 Å². The van der Waals surface area contributed by atoms with Gasteiger partial charge in [0.15, 0.2) is 0 Å². The third-order valence-corrected chi connectivity index (χ3v) is 6.41. The normalized spacial score (nSPS) is 21.7. The molecule has 1 aliphatic carbocycles. The lowest BCUT2D eigenvalue weighted by atomic mass is 9.81. The fourth-order valence-electron chi connectivity index (χ4n) is 4.64. The number of rotatable bonds is 6. The summed E-state index contributed by atoms with van der Waals surface area (Å²) >= 11 is 0. The number of likely N-dealkylation sites (N-methyl/N-ethyl adjacent to an activating group) is 1. The van der Waals surface area contributed by atoms with Gasteiger partial charge >= 0.3 is 0 Å². The molecule has 152 valence electrons. The number of carbonyl (C=O) groups is 1. The van der Waals surface area contributed by atoms with Gasteiger partial charge in [-0.3, -0.25) is 9.69 Å². The molecule has 1 aromatic rings. The molecule has 0 aromatic heterocycles. The molecule has 1 aliphatic heterocycles. The van der Waals surface area contributed by atoms with E-state index in [-0.39, 0.29) is 11.9 Å². The van der Waals surface area contributed by atoms with Crippen molar-refractivity contribution in [3.8, 4) is 17.6 Å². The van der Waals surface area contributed by atoms with E-state index in [9.17, 15) is 10.1 Å². The van der Waals surface area contributed by atoms with Gasteiger partial charge in [-0.25, -0.2) is 0 Å². The number of likely N-dealkylation sites (tertiary alicyclic amines) is 1. The van der Waals surface area contributed by atoms with Crippen molar-refractivity contribution in [3.63, 3.8) is 0 Å². The molecule has 1 aromatic carbocycles. The van der Waals surface area contributed by atoms with Gasteiger partial charge in [0.1, 0.15) is 17.0 Å². The summed E-state index contributed by atoms with van der Waals surface area (Å²) in [5.41, 5.74) is 0.450. The second-order valence-corrected chi connectivity index (χ2v) is 7.89. The van der Waals surface area contributed by atoms with Crippen molar-refractivity contribution in [1.29, 1.82) is 5.26 Å². The first kappa shape index (κ1) is 20.5. The Labute approximate surface area is 168 Å². The van der Waals surface area contributed by atoms with Gasteiger partial charge in [-0.1, -0.05) is 25.3 Å². The second kappa shape index (κ2) is 8.83. The van der Waals surface area contributed by atoms with Gasteiger partial charge in [-0.2, -0.15) is 5.26 Å². The van der Waals surface area contributed by atoms with Crippen LogP contribution in [0.3, 0.4) is 0 Å². The average Bonchev–Trinajstić information content (AvgIpc) is 3.20. The fourth-order valence-corrected chi connectivity index (χ4v) is 4.64. The summed E-state index contributed by atoms with van der Waals surface area (Å²) in [7, 11) is 5.10. The number of hydrogen-bond donors (Lipinski definition) is 0. The number of nitriles is 1. The summed E-state index contributed by atoms with van der Waals surface area (Å²) in [6.07, 6.45) is 6.77. The molecule has 6 heteroatoms. The van der Waals surface area contributed by atoms with Crippen LogP contribution in [0, 0.1) is 11.3 Å². The smallest absolute Gasteiger partial charge is 0.237 e. The number of nitrogens with zero attached hydrogens (tertiary/aromatic N) is 3. The van der Waals surface area contributed by atoms with Crippen LogP contribution in [0.25, 0.3) is 0 Å². The summed E-state index contributed by atoms with van der Waals surface area (Å²) in [5, 5.41) is 9.78. The highest BCUT2D eigenvalue weighted by Gasteiger charge is 2.40. The monoisotopic (exact) mass is 385 g/mol. The van der Waals surface area contributed by atoms with Gasteiger partial charge in [-0.15, -0.1) is 0 Å². The Morgan fingerprint density at radius 1 is 1.25 bits per heavy atom. The Balaban J connectivity index is 1.75. The number of ether oxygens (including phenoxy) is 2. The summed E-state index contributed by atoms with van der Waals surface area (Å²) in [6, 6.07) is 8.46. The Hall–Kier alpha value is -2.26. The van der Waals surface area contributed by atoms with Gasteiger partial charge in [0, 0.05) is 24.7 Å². The number of methoxy groups -OCH3 is 2.